The Kier molecular flexibility index (Phi) is 7.26. The lowest BCUT2D eigenvalue weighted by molar-refractivity contribution is 0.668. The molecule has 9 aromatic carbocycles. The number of nitrogens with zero attached hydrogens (tertiary/aromatic N) is 3. The monoisotopic (exact) mass is 740 g/mol. The van der Waals surface area contributed by atoms with Crippen LogP contribution in [0.25, 0.3) is 93.1 Å². The van der Waals surface area contributed by atoms with Crippen molar-refractivity contribution >= 4 is 76.7 Å². The summed E-state index contributed by atoms with van der Waals surface area (Å²) in [6, 6.07) is 69.0. The summed E-state index contributed by atoms with van der Waals surface area (Å²) in [5.74, 6) is 0. The third-order valence-electron chi connectivity index (χ3n) is 11.8. The lowest BCUT2D eigenvalue weighted by atomic mass is 9.98. The summed E-state index contributed by atoms with van der Waals surface area (Å²) in [6.07, 6.45) is 1.65. The van der Waals surface area contributed by atoms with Crippen molar-refractivity contribution in [2.45, 2.75) is 6.17 Å². The van der Waals surface area contributed by atoms with Gasteiger partial charge in [-0.15, -0.1) is 5.70 Å². The molecule has 3 heterocycles. The highest BCUT2D eigenvalue weighted by atomic mass is 16.3. The van der Waals surface area contributed by atoms with Gasteiger partial charge in [-0.3, -0.25) is 4.99 Å². The van der Waals surface area contributed by atoms with Gasteiger partial charge in [0.05, 0.1) is 16.7 Å². The first-order valence-electron chi connectivity index (χ1n) is 19.8. The average Bonchev–Trinajstić information content (AvgIpc) is 3.86. The highest BCUT2D eigenvalue weighted by Gasteiger charge is 2.20. The first-order chi connectivity index (χ1) is 28.7. The molecule has 4 nitrogen and oxygen atoms in total. The molecule has 1 unspecified atom stereocenters. The standard InChI is InChI=1S/C54H34N3O/c1-2-11-34(12-3-1)35-21-23-38(24-22-35)46-33-47(45-19-10-18-44-43-17-8-9-20-50(43)58-53(44)45)56-54(55-46)39-25-29-40(30-26-39)57-48-31-27-36-13-4-6-15-41(36)51(48)52-42-16-7-5-14-37(42)28-32-49(52)57/h1-33,54H/q-1. The number of hydrogen-bond donors (Lipinski definition) is 0. The minimum absolute atomic E-state index is 0.455. The van der Waals surface area contributed by atoms with E-state index in [-0.39, 0.29) is 0 Å². The van der Waals surface area contributed by atoms with E-state index in [0.29, 0.717) is 0 Å². The van der Waals surface area contributed by atoms with Crippen LogP contribution in [0.2, 0.25) is 0 Å². The van der Waals surface area contributed by atoms with Crippen LogP contribution in [-0.4, -0.2) is 10.3 Å². The molecule has 1 atom stereocenters. The average molecular weight is 741 g/mol. The number of rotatable bonds is 5. The van der Waals surface area contributed by atoms with E-state index in [1.165, 1.54) is 54.5 Å². The maximum Gasteiger partial charge on any atom is 0.144 e. The van der Waals surface area contributed by atoms with Crippen molar-refractivity contribution in [2.24, 2.45) is 4.99 Å². The Morgan fingerprint density at radius 1 is 0.466 bits per heavy atom. The van der Waals surface area contributed by atoms with Gasteiger partial charge in [-0.05, 0) is 80.2 Å². The van der Waals surface area contributed by atoms with Crippen molar-refractivity contribution in [1.29, 1.82) is 0 Å². The van der Waals surface area contributed by atoms with Crippen molar-refractivity contribution < 1.29 is 4.42 Å². The van der Waals surface area contributed by atoms with E-state index in [4.69, 9.17) is 14.7 Å². The Bertz CT molecular complexity index is 3370. The number of hydrogen-bond acceptors (Lipinski definition) is 2. The van der Waals surface area contributed by atoms with Crippen LogP contribution in [0.5, 0.6) is 0 Å². The van der Waals surface area contributed by atoms with Gasteiger partial charge >= 0.3 is 0 Å². The van der Waals surface area contributed by atoms with Crippen molar-refractivity contribution in [3.63, 3.8) is 0 Å². The summed E-state index contributed by atoms with van der Waals surface area (Å²) in [5.41, 5.74) is 12.2. The van der Waals surface area contributed by atoms with Gasteiger partial charge in [0.25, 0.3) is 0 Å². The van der Waals surface area contributed by atoms with Gasteiger partial charge in [0.15, 0.2) is 0 Å². The Balaban J connectivity index is 0.995. The zero-order chi connectivity index (χ0) is 38.2. The van der Waals surface area contributed by atoms with E-state index in [1.54, 1.807) is 0 Å². The van der Waals surface area contributed by atoms with Crippen LogP contribution in [0.15, 0.2) is 210 Å². The zero-order valence-electron chi connectivity index (χ0n) is 31.4. The van der Waals surface area contributed by atoms with Crippen molar-refractivity contribution in [1.82, 2.24) is 4.57 Å². The minimum atomic E-state index is -0.455. The molecular weight excluding hydrogens is 707 g/mol. The van der Waals surface area contributed by atoms with E-state index in [0.717, 1.165) is 55.7 Å². The summed E-state index contributed by atoms with van der Waals surface area (Å²) < 4.78 is 8.93. The molecule has 1 aliphatic heterocycles. The third kappa shape index (κ3) is 5.12. The molecule has 0 aliphatic carbocycles. The Hall–Kier alpha value is -7.69. The first-order valence-corrected chi connectivity index (χ1v) is 19.8. The largest absolute Gasteiger partial charge is 0.659 e. The van der Waals surface area contributed by atoms with Crippen LogP contribution in [-0.2, 0) is 0 Å². The van der Waals surface area contributed by atoms with Crippen molar-refractivity contribution in [3.05, 3.63) is 222 Å². The molecule has 0 radical (unpaired) electrons. The summed E-state index contributed by atoms with van der Waals surface area (Å²) in [5, 5.41) is 15.0. The highest BCUT2D eigenvalue weighted by molar-refractivity contribution is 6.28. The molecule has 12 rings (SSSR count). The van der Waals surface area contributed by atoms with Crippen molar-refractivity contribution in [3.8, 4) is 16.8 Å². The van der Waals surface area contributed by atoms with Gasteiger partial charge in [0.2, 0.25) is 0 Å². The smallest absolute Gasteiger partial charge is 0.144 e. The number of allylic oxidation sites excluding steroid dienone is 1. The summed E-state index contributed by atoms with van der Waals surface area (Å²) >= 11 is 0. The van der Waals surface area contributed by atoms with Gasteiger partial charge in [-0.2, -0.15) is 0 Å². The summed E-state index contributed by atoms with van der Waals surface area (Å²) in [4.78, 5) is 5.35. The molecule has 0 spiro atoms. The quantitative estimate of drug-likeness (QED) is 0.173. The Morgan fingerprint density at radius 3 is 1.76 bits per heavy atom. The second-order valence-electron chi connectivity index (χ2n) is 15.1. The number of para-hydroxylation sites is 2. The summed E-state index contributed by atoms with van der Waals surface area (Å²) in [7, 11) is 0. The summed E-state index contributed by atoms with van der Waals surface area (Å²) in [6.45, 7) is 0. The Labute approximate surface area is 334 Å². The fraction of sp³-hybridized carbons (Fsp3) is 0.0185. The fourth-order valence-electron chi connectivity index (χ4n) is 8.99. The van der Waals surface area contributed by atoms with Crippen LogP contribution in [0.1, 0.15) is 22.9 Å². The maximum absolute atomic E-state index is 6.52. The van der Waals surface area contributed by atoms with Crippen LogP contribution >= 0.6 is 0 Å². The fourth-order valence-corrected chi connectivity index (χ4v) is 8.99. The molecule has 0 saturated carbocycles. The van der Waals surface area contributed by atoms with Gasteiger partial charge in [-0.1, -0.05) is 164 Å². The third-order valence-corrected chi connectivity index (χ3v) is 11.8. The second-order valence-corrected chi connectivity index (χ2v) is 15.1. The predicted octanol–water partition coefficient (Wildman–Crippen LogP) is 14.6. The molecule has 58 heavy (non-hydrogen) atoms. The topological polar surface area (TPSA) is 44.5 Å². The highest BCUT2D eigenvalue weighted by Crippen LogP contribution is 2.43. The SMILES string of the molecule is C1=C(c2ccc(-c3ccccc3)cc2)[N-]C(c2ccc(-n3c4ccc5ccccc5c4c4c5ccccc5ccc43)cc2)N=C1c1cccc2c1oc1ccccc12. The van der Waals surface area contributed by atoms with Crippen LogP contribution in [0.3, 0.4) is 0 Å². The van der Waals surface area contributed by atoms with Crippen LogP contribution in [0, 0.1) is 0 Å². The van der Waals surface area contributed by atoms with E-state index < -0.39 is 6.17 Å². The number of furan rings is 1. The van der Waals surface area contributed by atoms with Crippen molar-refractivity contribution in [2.75, 3.05) is 0 Å². The van der Waals surface area contributed by atoms with Gasteiger partial charge in [0, 0.05) is 39.0 Å². The number of aromatic nitrogens is 1. The van der Waals surface area contributed by atoms with E-state index in [1.807, 2.05) is 18.2 Å². The lowest BCUT2D eigenvalue weighted by Gasteiger charge is -2.37. The zero-order valence-corrected chi connectivity index (χ0v) is 31.4. The maximum atomic E-state index is 6.52. The van der Waals surface area contributed by atoms with Gasteiger partial charge in [0.1, 0.15) is 11.2 Å². The van der Waals surface area contributed by atoms with Crippen LogP contribution in [0.4, 0.5) is 0 Å². The molecule has 0 amide bonds. The second kappa shape index (κ2) is 12.9. The van der Waals surface area contributed by atoms with E-state index in [9.17, 15) is 0 Å². The first kappa shape index (κ1) is 32.5. The number of fused-ring (bicyclic) bond motifs is 10. The molecule has 11 aromatic rings. The molecule has 0 saturated heterocycles. The molecule has 2 aromatic heterocycles. The molecule has 4 heteroatoms. The normalized spacial score (nSPS) is 14.4. The molecule has 272 valence electrons. The van der Waals surface area contributed by atoms with E-state index >= 15 is 0 Å². The molecule has 0 bridgehead atoms. The number of aliphatic imine (C=N–C) groups is 1. The Morgan fingerprint density at radius 2 is 1.05 bits per heavy atom. The minimum Gasteiger partial charge on any atom is -0.659 e. The van der Waals surface area contributed by atoms with Crippen LogP contribution < -0.4 is 0 Å². The molecular formula is C54H34N3O-. The molecule has 0 fully saturated rings. The predicted molar refractivity (Wildman–Crippen MR) is 242 cm³/mol. The lowest BCUT2D eigenvalue weighted by Crippen LogP contribution is -2.09. The van der Waals surface area contributed by atoms with E-state index in [2.05, 4.69) is 187 Å². The molecule has 0 N–H and O–H groups in total. The van der Waals surface area contributed by atoms with Gasteiger partial charge in [-0.25, -0.2) is 0 Å². The number of benzene rings is 9. The van der Waals surface area contributed by atoms with Gasteiger partial charge < -0.3 is 14.3 Å². The molecule has 1 aliphatic rings.